The van der Waals surface area contributed by atoms with Crippen LogP contribution < -0.4 is 0 Å². The average Bonchev–Trinajstić information content (AvgIpc) is 2.65. The molecule has 0 aromatic carbocycles. The second kappa shape index (κ2) is 6.06. The van der Waals surface area contributed by atoms with E-state index >= 15 is 0 Å². The third kappa shape index (κ3) is 3.37. The second-order valence-electron chi connectivity index (χ2n) is 6.28. The van der Waals surface area contributed by atoms with Crippen LogP contribution >= 0.6 is 12.6 Å². The van der Waals surface area contributed by atoms with E-state index in [4.69, 9.17) is 14.4 Å². The number of thiol groups is 1. The highest BCUT2D eigenvalue weighted by molar-refractivity contribution is 7.80. The molecule has 0 saturated carbocycles. The van der Waals surface area contributed by atoms with E-state index in [0.29, 0.717) is 11.3 Å². The summed E-state index contributed by atoms with van der Waals surface area (Å²) in [5.41, 5.74) is 0.785. The zero-order valence-electron chi connectivity index (χ0n) is 13.2. The third-order valence-electron chi connectivity index (χ3n) is 4.10. The van der Waals surface area contributed by atoms with Gasteiger partial charge in [0.2, 0.25) is 0 Å². The topological polar surface area (TPSA) is 68.7 Å². The third-order valence-corrected chi connectivity index (χ3v) is 4.46. The molecule has 0 radical (unpaired) electrons. The number of carboxylic acids is 1. The van der Waals surface area contributed by atoms with Gasteiger partial charge < -0.3 is 14.4 Å². The number of rotatable bonds is 4. The van der Waals surface area contributed by atoms with Gasteiger partial charge in [0, 0.05) is 18.1 Å². The van der Waals surface area contributed by atoms with Crippen LogP contribution in [-0.2, 0) is 9.31 Å². The van der Waals surface area contributed by atoms with E-state index in [1.54, 1.807) is 12.3 Å². The number of pyridine rings is 1. The van der Waals surface area contributed by atoms with Gasteiger partial charge in [-0.1, -0.05) is 6.08 Å². The average molecular weight is 321 g/mol. The van der Waals surface area contributed by atoms with Crippen LogP contribution in [0.15, 0.2) is 23.9 Å². The Morgan fingerprint density at radius 3 is 2.41 bits per heavy atom. The molecule has 2 rings (SSSR count). The number of aromatic nitrogens is 1. The first-order valence-corrected chi connectivity index (χ1v) is 7.65. The van der Waals surface area contributed by atoms with Gasteiger partial charge in [-0.05, 0) is 44.8 Å². The molecule has 0 bridgehead atoms. The van der Waals surface area contributed by atoms with Crippen molar-refractivity contribution in [3.8, 4) is 0 Å². The summed E-state index contributed by atoms with van der Waals surface area (Å²) in [5, 5.41) is 9.02. The zero-order valence-corrected chi connectivity index (χ0v) is 14.1. The van der Waals surface area contributed by atoms with Crippen LogP contribution in [0.1, 0.15) is 43.6 Å². The lowest BCUT2D eigenvalue weighted by molar-refractivity contribution is 0.00578. The lowest BCUT2D eigenvalue weighted by Crippen LogP contribution is -2.41. The number of carboxylic acid groups (broad SMARTS) is 1. The molecule has 1 fully saturated rings. The van der Waals surface area contributed by atoms with Gasteiger partial charge >= 0.3 is 13.1 Å². The number of hydrogen-bond acceptors (Lipinski definition) is 5. The van der Waals surface area contributed by atoms with Gasteiger partial charge in [-0.15, -0.1) is 0 Å². The van der Waals surface area contributed by atoms with Gasteiger partial charge in [0.1, 0.15) is 0 Å². The van der Waals surface area contributed by atoms with Crippen LogP contribution in [0.5, 0.6) is 0 Å². The van der Waals surface area contributed by atoms with Gasteiger partial charge in [0.05, 0.1) is 16.8 Å². The van der Waals surface area contributed by atoms with Crippen LogP contribution in [0.3, 0.4) is 0 Å². The van der Waals surface area contributed by atoms with Gasteiger partial charge in [0.15, 0.2) is 0 Å². The summed E-state index contributed by atoms with van der Waals surface area (Å²) < 4.78 is 12.0. The van der Waals surface area contributed by atoms with Gasteiger partial charge in [-0.25, -0.2) is 4.79 Å². The minimum Gasteiger partial charge on any atom is -0.478 e. The molecule has 118 valence electrons. The van der Waals surface area contributed by atoms with E-state index < -0.39 is 24.3 Å². The molecule has 0 aliphatic carbocycles. The predicted molar refractivity (Wildman–Crippen MR) is 89.1 cm³/mol. The smallest absolute Gasteiger partial charge is 0.478 e. The van der Waals surface area contributed by atoms with Gasteiger partial charge in [-0.2, -0.15) is 12.6 Å². The van der Waals surface area contributed by atoms with Crippen LogP contribution in [0.4, 0.5) is 0 Å². The Labute approximate surface area is 136 Å². The molecule has 1 aliphatic heterocycles. The molecule has 1 saturated heterocycles. The van der Waals surface area contributed by atoms with Crippen molar-refractivity contribution >= 4 is 31.8 Å². The maximum atomic E-state index is 11.0. The molecule has 0 amide bonds. The number of hydrogen-bond donors (Lipinski definition) is 2. The van der Waals surface area contributed by atoms with Crippen LogP contribution in [0.2, 0.25) is 0 Å². The van der Waals surface area contributed by atoms with E-state index in [2.05, 4.69) is 17.6 Å². The minimum absolute atomic E-state index is 0.140. The highest BCUT2D eigenvalue weighted by Gasteiger charge is 2.52. The Balaban J connectivity index is 2.29. The Morgan fingerprint density at radius 1 is 1.32 bits per heavy atom. The molecule has 22 heavy (non-hydrogen) atoms. The fraction of sp³-hybridized carbons (Fsp3) is 0.467. The molecular formula is C15H20BNO4S. The number of carbonyl (C=O) groups is 1. The summed E-state index contributed by atoms with van der Waals surface area (Å²) in [7, 11) is -0.504. The summed E-state index contributed by atoms with van der Waals surface area (Å²) in [6.45, 7) is 7.93. The van der Waals surface area contributed by atoms with Gasteiger partial charge in [-0.3, -0.25) is 4.98 Å². The van der Waals surface area contributed by atoms with Gasteiger partial charge in [0.25, 0.3) is 0 Å². The normalized spacial score (nSPS) is 20.2. The summed E-state index contributed by atoms with van der Waals surface area (Å²) in [4.78, 5) is 15.0. The van der Waals surface area contributed by atoms with E-state index in [1.165, 1.54) is 6.20 Å². The predicted octanol–water partition coefficient (Wildman–Crippen LogP) is 2.72. The molecule has 2 heterocycles. The highest BCUT2D eigenvalue weighted by Crippen LogP contribution is 2.38. The van der Waals surface area contributed by atoms with Crippen molar-refractivity contribution in [2.45, 2.75) is 38.9 Å². The maximum absolute atomic E-state index is 11.0. The van der Waals surface area contributed by atoms with Crippen molar-refractivity contribution in [1.82, 2.24) is 4.98 Å². The Hall–Kier alpha value is -1.31. The van der Waals surface area contributed by atoms with Crippen molar-refractivity contribution in [1.29, 1.82) is 0 Å². The fourth-order valence-corrected chi connectivity index (χ4v) is 2.29. The quantitative estimate of drug-likeness (QED) is 0.659. The molecule has 0 atom stereocenters. The first kappa shape index (κ1) is 17.1. The fourth-order valence-electron chi connectivity index (χ4n) is 2.05. The SMILES string of the molecule is CC1(C)OB(C(=Cc2cncc(C(=O)O)c2)CS)OC1(C)C. The highest BCUT2D eigenvalue weighted by atomic mass is 32.1. The molecule has 0 spiro atoms. The monoisotopic (exact) mass is 321 g/mol. The first-order chi connectivity index (χ1) is 10.2. The number of nitrogens with zero attached hydrogens (tertiary/aromatic N) is 1. The van der Waals surface area contributed by atoms with Crippen LogP contribution in [0, 0.1) is 0 Å². The molecule has 1 aromatic rings. The van der Waals surface area contributed by atoms with E-state index in [9.17, 15) is 4.79 Å². The molecule has 1 aliphatic rings. The number of aromatic carboxylic acids is 1. The summed E-state index contributed by atoms with van der Waals surface area (Å²) >= 11 is 4.34. The Kier molecular flexibility index (Phi) is 4.70. The lowest BCUT2D eigenvalue weighted by atomic mass is 9.78. The van der Waals surface area contributed by atoms with Crippen LogP contribution in [0.25, 0.3) is 6.08 Å². The zero-order chi connectivity index (χ0) is 16.5. The van der Waals surface area contributed by atoms with E-state index in [1.807, 2.05) is 33.8 Å². The molecule has 1 aromatic heterocycles. The summed E-state index contributed by atoms with van der Waals surface area (Å²) in [6.07, 6.45) is 4.73. The molecule has 7 heteroatoms. The Bertz CT molecular complexity index is 599. The van der Waals surface area contributed by atoms with E-state index in [-0.39, 0.29) is 5.56 Å². The minimum atomic E-state index is -1.01. The second-order valence-corrected chi connectivity index (χ2v) is 6.59. The van der Waals surface area contributed by atoms with Crippen LogP contribution in [-0.4, -0.2) is 40.1 Å². The van der Waals surface area contributed by atoms with Crippen molar-refractivity contribution in [2.24, 2.45) is 0 Å². The largest absolute Gasteiger partial charge is 0.491 e. The lowest BCUT2D eigenvalue weighted by Gasteiger charge is -2.32. The molecule has 0 unspecified atom stereocenters. The first-order valence-electron chi connectivity index (χ1n) is 7.01. The standard InChI is InChI=1S/C15H20BNO4S/c1-14(2)15(3,4)21-16(20-14)12(9-22)6-10-5-11(13(18)19)8-17-7-10/h5-8,22H,9H2,1-4H3,(H,18,19). The summed E-state index contributed by atoms with van der Waals surface area (Å²) in [6, 6.07) is 1.56. The van der Waals surface area contributed by atoms with Crippen molar-refractivity contribution in [3.63, 3.8) is 0 Å². The molecular weight excluding hydrogens is 301 g/mol. The van der Waals surface area contributed by atoms with Crippen molar-refractivity contribution in [2.75, 3.05) is 5.75 Å². The summed E-state index contributed by atoms with van der Waals surface area (Å²) in [5.74, 6) is -0.570. The molecule has 1 N–H and O–H groups in total. The van der Waals surface area contributed by atoms with E-state index in [0.717, 1.165) is 5.47 Å². The van der Waals surface area contributed by atoms with Crippen molar-refractivity contribution < 1.29 is 19.2 Å². The maximum Gasteiger partial charge on any atom is 0.491 e. The molecule has 5 nitrogen and oxygen atoms in total. The Morgan fingerprint density at radius 2 is 1.91 bits per heavy atom. The van der Waals surface area contributed by atoms with Crippen molar-refractivity contribution in [3.05, 3.63) is 35.1 Å².